The minimum absolute atomic E-state index is 0.0387. The average Bonchev–Trinajstić information content (AvgIpc) is 2.38. The van der Waals surface area contributed by atoms with Gasteiger partial charge in [0.2, 0.25) is 5.91 Å². The maximum atomic E-state index is 11.6. The van der Waals surface area contributed by atoms with E-state index in [4.69, 9.17) is 9.47 Å². The molecule has 0 spiro atoms. The van der Waals surface area contributed by atoms with Crippen LogP contribution in [0.1, 0.15) is 11.1 Å². The normalized spacial score (nSPS) is 10.3. The minimum Gasteiger partial charge on any atom is -0.382 e. The van der Waals surface area contributed by atoms with Gasteiger partial charge < -0.3 is 14.8 Å². The molecular formula is C13H18N2O5. The van der Waals surface area contributed by atoms with Gasteiger partial charge in [0.25, 0.3) is 5.69 Å². The summed E-state index contributed by atoms with van der Waals surface area (Å²) in [5, 5.41) is 13.5. The summed E-state index contributed by atoms with van der Waals surface area (Å²) in [6.07, 6.45) is 0. The van der Waals surface area contributed by atoms with Crippen molar-refractivity contribution in [1.29, 1.82) is 0 Å². The summed E-state index contributed by atoms with van der Waals surface area (Å²) in [4.78, 5) is 22.0. The third kappa shape index (κ3) is 4.60. The van der Waals surface area contributed by atoms with Crippen LogP contribution in [-0.4, -0.2) is 37.8 Å². The number of hydrogen-bond donors (Lipinski definition) is 1. The Morgan fingerprint density at radius 2 is 2.00 bits per heavy atom. The number of hydrogen-bond acceptors (Lipinski definition) is 5. The molecule has 0 saturated heterocycles. The summed E-state index contributed by atoms with van der Waals surface area (Å²) >= 11 is 0. The molecule has 1 amide bonds. The van der Waals surface area contributed by atoms with Crippen molar-refractivity contribution >= 4 is 17.3 Å². The third-order valence-electron chi connectivity index (χ3n) is 2.68. The van der Waals surface area contributed by atoms with Crippen LogP contribution < -0.4 is 5.32 Å². The molecule has 1 N–H and O–H groups in total. The second kappa shape index (κ2) is 7.56. The molecule has 0 heterocycles. The first kappa shape index (κ1) is 16.1. The lowest BCUT2D eigenvalue weighted by Crippen LogP contribution is -2.20. The lowest BCUT2D eigenvalue weighted by atomic mass is 10.1. The van der Waals surface area contributed by atoms with Gasteiger partial charge in [-0.05, 0) is 25.5 Å². The Bertz CT molecular complexity index is 502. The number of ether oxygens (including phenoxy) is 2. The van der Waals surface area contributed by atoms with Gasteiger partial charge in [0.1, 0.15) is 6.61 Å². The number of nitrogens with zero attached hydrogens (tertiary/aromatic N) is 1. The van der Waals surface area contributed by atoms with Crippen molar-refractivity contribution in [3.8, 4) is 0 Å². The zero-order chi connectivity index (χ0) is 15.1. The molecule has 0 saturated carbocycles. The van der Waals surface area contributed by atoms with E-state index in [-0.39, 0.29) is 18.2 Å². The van der Waals surface area contributed by atoms with Gasteiger partial charge in [-0.2, -0.15) is 0 Å². The quantitative estimate of drug-likeness (QED) is 0.468. The van der Waals surface area contributed by atoms with E-state index in [9.17, 15) is 14.9 Å². The predicted octanol–water partition coefficient (Wildman–Crippen LogP) is 1.81. The number of methoxy groups -OCH3 is 1. The Balaban J connectivity index is 2.66. The number of benzene rings is 1. The number of anilines is 1. The topological polar surface area (TPSA) is 90.7 Å². The van der Waals surface area contributed by atoms with E-state index in [0.717, 1.165) is 0 Å². The van der Waals surface area contributed by atoms with Crippen LogP contribution in [0, 0.1) is 24.0 Å². The lowest BCUT2D eigenvalue weighted by molar-refractivity contribution is -0.385. The van der Waals surface area contributed by atoms with Gasteiger partial charge >= 0.3 is 0 Å². The maximum absolute atomic E-state index is 11.6. The van der Waals surface area contributed by atoms with Crippen molar-refractivity contribution in [1.82, 2.24) is 0 Å². The fraction of sp³-hybridized carbons (Fsp3) is 0.462. The molecule has 0 aliphatic carbocycles. The third-order valence-corrected chi connectivity index (χ3v) is 2.68. The van der Waals surface area contributed by atoms with Crippen LogP contribution in [-0.2, 0) is 14.3 Å². The average molecular weight is 282 g/mol. The second-order valence-electron chi connectivity index (χ2n) is 4.30. The summed E-state index contributed by atoms with van der Waals surface area (Å²) in [6.45, 7) is 4.00. The largest absolute Gasteiger partial charge is 0.382 e. The molecule has 0 bridgehead atoms. The van der Waals surface area contributed by atoms with Crippen molar-refractivity contribution in [2.45, 2.75) is 13.8 Å². The van der Waals surface area contributed by atoms with E-state index in [1.54, 1.807) is 27.0 Å². The van der Waals surface area contributed by atoms with Crippen molar-refractivity contribution in [2.24, 2.45) is 0 Å². The summed E-state index contributed by atoms with van der Waals surface area (Å²) in [5.74, 6) is -0.308. The molecule has 7 nitrogen and oxygen atoms in total. The summed E-state index contributed by atoms with van der Waals surface area (Å²) in [6, 6.07) is 3.03. The highest BCUT2D eigenvalue weighted by Gasteiger charge is 2.14. The SMILES string of the molecule is COCCOCC(=O)Nc1cc(C)c([N+](=O)[O-])cc1C. The molecule has 0 aromatic heterocycles. The zero-order valence-corrected chi connectivity index (χ0v) is 11.8. The Labute approximate surface area is 117 Å². The van der Waals surface area contributed by atoms with Crippen LogP contribution in [0.3, 0.4) is 0 Å². The van der Waals surface area contributed by atoms with Crippen molar-refractivity contribution in [2.75, 3.05) is 32.2 Å². The van der Waals surface area contributed by atoms with Gasteiger partial charge in [-0.25, -0.2) is 0 Å². The second-order valence-corrected chi connectivity index (χ2v) is 4.30. The fourth-order valence-electron chi connectivity index (χ4n) is 1.63. The Morgan fingerprint density at radius 3 is 2.60 bits per heavy atom. The summed E-state index contributed by atoms with van der Waals surface area (Å²) in [7, 11) is 1.55. The molecule has 1 rings (SSSR count). The lowest BCUT2D eigenvalue weighted by Gasteiger charge is -2.10. The van der Waals surface area contributed by atoms with Gasteiger partial charge in [-0.1, -0.05) is 0 Å². The number of nitrogens with one attached hydrogen (secondary N) is 1. The highest BCUT2D eigenvalue weighted by atomic mass is 16.6. The Hall–Kier alpha value is -1.99. The Kier molecular flexibility index (Phi) is 6.08. The molecule has 20 heavy (non-hydrogen) atoms. The van der Waals surface area contributed by atoms with Crippen molar-refractivity contribution < 1.29 is 19.2 Å². The van der Waals surface area contributed by atoms with Gasteiger partial charge in [-0.15, -0.1) is 0 Å². The van der Waals surface area contributed by atoms with E-state index < -0.39 is 4.92 Å². The van der Waals surface area contributed by atoms with Gasteiger partial charge in [0.05, 0.1) is 18.1 Å². The highest BCUT2D eigenvalue weighted by Crippen LogP contribution is 2.25. The van der Waals surface area contributed by atoms with Crippen LogP contribution in [0.25, 0.3) is 0 Å². The number of carbonyl (C=O) groups is 1. The molecule has 0 radical (unpaired) electrons. The van der Waals surface area contributed by atoms with E-state index >= 15 is 0 Å². The van der Waals surface area contributed by atoms with Crippen LogP contribution in [0.15, 0.2) is 12.1 Å². The van der Waals surface area contributed by atoms with E-state index in [0.29, 0.717) is 30.0 Å². The molecule has 0 unspecified atom stereocenters. The van der Waals surface area contributed by atoms with Crippen LogP contribution >= 0.6 is 0 Å². The zero-order valence-electron chi connectivity index (χ0n) is 11.8. The van der Waals surface area contributed by atoms with E-state index in [1.165, 1.54) is 6.07 Å². The minimum atomic E-state index is -0.443. The highest BCUT2D eigenvalue weighted by molar-refractivity contribution is 5.92. The molecular weight excluding hydrogens is 264 g/mol. The smallest absolute Gasteiger partial charge is 0.272 e. The molecule has 1 aromatic rings. The van der Waals surface area contributed by atoms with Gasteiger partial charge in [-0.3, -0.25) is 14.9 Å². The predicted molar refractivity (Wildman–Crippen MR) is 73.9 cm³/mol. The number of aryl methyl sites for hydroxylation is 2. The first-order chi connectivity index (χ1) is 9.45. The molecule has 1 aromatic carbocycles. The molecule has 0 fully saturated rings. The Morgan fingerprint density at radius 1 is 1.30 bits per heavy atom. The van der Waals surface area contributed by atoms with Gasteiger partial charge in [0, 0.05) is 24.4 Å². The van der Waals surface area contributed by atoms with E-state index in [2.05, 4.69) is 5.32 Å². The standard InChI is InChI=1S/C13H18N2O5/c1-9-7-12(15(17)18)10(2)6-11(9)14-13(16)8-20-5-4-19-3/h6-7H,4-5,8H2,1-3H3,(H,14,16). The summed E-state index contributed by atoms with van der Waals surface area (Å²) in [5.41, 5.74) is 1.72. The number of rotatable bonds is 7. The van der Waals surface area contributed by atoms with Crippen molar-refractivity contribution in [3.05, 3.63) is 33.4 Å². The molecule has 0 aliphatic heterocycles. The monoisotopic (exact) mass is 282 g/mol. The van der Waals surface area contributed by atoms with Crippen LogP contribution in [0.5, 0.6) is 0 Å². The number of amides is 1. The van der Waals surface area contributed by atoms with Crippen LogP contribution in [0.2, 0.25) is 0 Å². The molecule has 110 valence electrons. The fourth-order valence-corrected chi connectivity index (χ4v) is 1.63. The number of nitro benzene ring substituents is 1. The van der Waals surface area contributed by atoms with Crippen LogP contribution in [0.4, 0.5) is 11.4 Å². The summed E-state index contributed by atoms with van der Waals surface area (Å²) < 4.78 is 9.89. The van der Waals surface area contributed by atoms with E-state index in [1.807, 2.05) is 0 Å². The maximum Gasteiger partial charge on any atom is 0.272 e. The number of nitro groups is 1. The number of carbonyl (C=O) groups excluding carboxylic acids is 1. The molecule has 7 heteroatoms. The van der Waals surface area contributed by atoms with Crippen molar-refractivity contribution in [3.63, 3.8) is 0 Å². The first-order valence-corrected chi connectivity index (χ1v) is 6.08. The first-order valence-electron chi connectivity index (χ1n) is 6.08. The van der Waals surface area contributed by atoms with Gasteiger partial charge in [0.15, 0.2) is 0 Å². The molecule has 0 atom stereocenters. The molecule has 0 aliphatic rings.